The van der Waals surface area contributed by atoms with Crippen LogP contribution in [0, 0.1) is 0 Å². The number of anilines is 1. The molecule has 0 aliphatic carbocycles. The maximum atomic E-state index is 12.3. The molecule has 0 unspecified atom stereocenters. The molecule has 1 aromatic carbocycles. The van der Waals surface area contributed by atoms with E-state index in [0.29, 0.717) is 18.3 Å². The second-order valence-electron chi connectivity index (χ2n) is 5.71. The SMILES string of the molecule is CC[C@@H]1CCCCN1CN1C(=O)C(=O)c2cccc(Br)c21. The van der Waals surface area contributed by atoms with Crippen molar-refractivity contribution >= 4 is 33.3 Å². The summed E-state index contributed by atoms with van der Waals surface area (Å²) in [5.74, 6) is -0.798. The van der Waals surface area contributed by atoms with Gasteiger partial charge >= 0.3 is 5.91 Å². The minimum absolute atomic E-state index is 0.392. The van der Waals surface area contributed by atoms with E-state index in [-0.39, 0.29) is 0 Å². The maximum absolute atomic E-state index is 12.3. The van der Waals surface area contributed by atoms with Crippen LogP contribution in [0.1, 0.15) is 43.0 Å². The summed E-state index contributed by atoms with van der Waals surface area (Å²) in [7, 11) is 0. The Morgan fingerprint density at radius 1 is 1.29 bits per heavy atom. The van der Waals surface area contributed by atoms with Gasteiger partial charge in [0.1, 0.15) is 0 Å². The molecule has 0 radical (unpaired) electrons. The van der Waals surface area contributed by atoms with E-state index in [9.17, 15) is 9.59 Å². The number of amides is 1. The van der Waals surface area contributed by atoms with Gasteiger partial charge in [-0.3, -0.25) is 19.4 Å². The summed E-state index contributed by atoms with van der Waals surface area (Å²) in [4.78, 5) is 28.4. The first-order valence-corrected chi connectivity index (χ1v) is 8.31. The fourth-order valence-corrected chi connectivity index (χ4v) is 3.92. The van der Waals surface area contributed by atoms with E-state index in [2.05, 4.69) is 27.8 Å². The zero-order valence-electron chi connectivity index (χ0n) is 12.1. The lowest BCUT2D eigenvalue weighted by Crippen LogP contribution is -2.47. The average Bonchev–Trinajstić information content (AvgIpc) is 2.74. The number of carbonyl (C=O) groups excluding carboxylic acids is 2. The molecule has 1 fully saturated rings. The van der Waals surface area contributed by atoms with Crippen LogP contribution in [0.5, 0.6) is 0 Å². The highest BCUT2D eigenvalue weighted by Crippen LogP contribution is 2.36. The molecule has 1 aromatic rings. The molecule has 2 heterocycles. The number of halogens is 1. The van der Waals surface area contributed by atoms with Crippen molar-refractivity contribution in [2.75, 3.05) is 18.1 Å². The van der Waals surface area contributed by atoms with Crippen LogP contribution in [-0.2, 0) is 4.79 Å². The van der Waals surface area contributed by atoms with Gasteiger partial charge in [0, 0.05) is 17.1 Å². The first-order valence-electron chi connectivity index (χ1n) is 7.52. The number of hydrogen-bond acceptors (Lipinski definition) is 3. The number of Topliss-reactive ketones (excluding diaryl/α,β-unsaturated/α-hetero) is 1. The summed E-state index contributed by atoms with van der Waals surface area (Å²) in [5.41, 5.74) is 1.24. The number of fused-ring (bicyclic) bond motifs is 1. The number of nitrogens with zero attached hydrogens (tertiary/aromatic N) is 2. The minimum Gasteiger partial charge on any atom is -0.290 e. The lowest BCUT2D eigenvalue weighted by atomic mass is 10.0. The summed E-state index contributed by atoms with van der Waals surface area (Å²) in [6.07, 6.45) is 4.67. The van der Waals surface area contributed by atoms with Gasteiger partial charge in [0.05, 0.1) is 17.9 Å². The van der Waals surface area contributed by atoms with E-state index in [4.69, 9.17) is 0 Å². The molecule has 4 nitrogen and oxygen atoms in total. The molecule has 0 bridgehead atoms. The third kappa shape index (κ3) is 2.53. The predicted molar refractivity (Wildman–Crippen MR) is 85.5 cm³/mol. The number of ketones is 1. The molecule has 2 aliphatic heterocycles. The number of para-hydroxylation sites is 1. The fourth-order valence-electron chi connectivity index (χ4n) is 3.34. The normalized spacial score (nSPS) is 22.8. The molecule has 2 aliphatic rings. The molecule has 1 atom stereocenters. The van der Waals surface area contributed by atoms with Crippen LogP contribution in [0.25, 0.3) is 0 Å². The smallest absolute Gasteiger partial charge is 0.290 e. The van der Waals surface area contributed by atoms with Crippen molar-refractivity contribution in [1.82, 2.24) is 4.90 Å². The third-order valence-electron chi connectivity index (χ3n) is 4.48. The maximum Gasteiger partial charge on any atom is 0.300 e. The third-order valence-corrected chi connectivity index (χ3v) is 5.12. The van der Waals surface area contributed by atoms with Crippen molar-refractivity contribution in [1.29, 1.82) is 0 Å². The summed E-state index contributed by atoms with van der Waals surface area (Å²) in [5, 5.41) is 0. The van der Waals surface area contributed by atoms with Crippen LogP contribution in [0.15, 0.2) is 22.7 Å². The topological polar surface area (TPSA) is 40.6 Å². The molecule has 3 rings (SSSR count). The van der Waals surface area contributed by atoms with Crippen LogP contribution in [-0.4, -0.2) is 35.8 Å². The van der Waals surface area contributed by atoms with Gasteiger partial charge in [-0.1, -0.05) is 19.4 Å². The first-order chi connectivity index (χ1) is 10.1. The monoisotopic (exact) mass is 350 g/mol. The lowest BCUT2D eigenvalue weighted by molar-refractivity contribution is -0.114. The zero-order valence-corrected chi connectivity index (χ0v) is 13.7. The van der Waals surface area contributed by atoms with Gasteiger partial charge in [-0.05, 0) is 47.3 Å². The molecule has 0 aromatic heterocycles. The van der Waals surface area contributed by atoms with Crippen molar-refractivity contribution < 1.29 is 9.59 Å². The number of piperidine rings is 1. The van der Waals surface area contributed by atoms with Crippen molar-refractivity contribution in [2.45, 2.75) is 38.6 Å². The Morgan fingerprint density at radius 3 is 2.86 bits per heavy atom. The lowest BCUT2D eigenvalue weighted by Gasteiger charge is -2.37. The van der Waals surface area contributed by atoms with E-state index < -0.39 is 11.7 Å². The van der Waals surface area contributed by atoms with Crippen LogP contribution < -0.4 is 4.90 Å². The van der Waals surface area contributed by atoms with Gasteiger partial charge in [0.2, 0.25) is 0 Å². The Kier molecular flexibility index (Phi) is 4.13. The second kappa shape index (κ2) is 5.89. The van der Waals surface area contributed by atoms with E-state index in [1.165, 1.54) is 12.8 Å². The molecule has 0 spiro atoms. The molecule has 112 valence electrons. The van der Waals surface area contributed by atoms with Crippen molar-refractivity contribution in [3.63, 3.8) is 0 Å². The largest absolute Gasteiger partial charge is 0.300 e. The van der Waals surface area contributed by atoms with E-state index >= 15 is 0 Å². The van der Waals surface area contributed by atoms with Gasteiger partial charge in [-0.2, -0.15) is 0 Å². The van der Waals surface area contributed by atoms with E-state index in [1.54, 1.807) is 17.0 Å². The Bertz CT molecular complexity index is 588. The predicted octanol–water partition coefficient (Wildman–Crippen LogP) is 3.20. The fraction of sp³-hybridized carbons (Fsp3) is 0.500. The number of likely N-dealkylation sites (tertiary alicyclic amines) is 1. The van der Waals surface area contributed by atoms with Gasteiger partial charge < -0.3 is 0 Å². The molecular formula is C16H19BrN2O2. The van der Waals surface area contributed by atoms with Gasteiger partial charge in [0.15, 0.2) is 0 Å². The highest BCUT2D eigenvalue weighted by atomic mass is 79.9. The molecule has 5 heteroatoms. The molecule has 1 saturated heterocycles. The minimum atomic E-state index is -0.405. The Labute approximate surface area is 133 Å². The number of hydrogen-bond donors (Lipinski definition) is 0. The molecule has 21 heavy (non-hydrogen) atoms. The summed E-state index contributed by atoms with van der Waals surface area (Å²) in [6.45, 7) is 3.69. The highest BCUT2D eigenvalue weighted by molar-refractivity contribution is 9.10. The van der Waals surface area contributed by atoms with Crippen LogP contribution in [0.2, 0.25) is 0 Å². The van der Waals surface area contributed by atoms with Crippen molar-refractivity contribution in [3.8, 4) is 0 Å². The summed E-state index contributed by atoms with van der Waals surface area (Å²) >= 11 is 3.48. The summed E-state index contributed by atoms with van der Waals surface area (Å²) in [6, 6.07) is 5.92. The first kappa shape index (κ1) is 14.7. The van der Waals surface area contributed by atoms with Gasteiger partial charge in [-0.15, -0.1) is 0 Å². The molecule has 1 amide bonds. The Morgan fingerprint density at radius 2 is 2.10 bits per heavy atom. The number of benzene rings is 1. The van der Waals surface area contributed by atoms with E-state index in [1.807, 2.05) is 6.07 Å². The van der Waals surface area contributed by atoms with Crippen LogP contribution in [0.4, 0.5) is 5.69 Å². The van der Waals surface area contributed by atoms with Crippen molar-refractivity contribution in [3.05, 3.63) is 28.2 Å². The zero-order chi connectivity index (χ0) is 15.0. The Balaban J connectivity index is 1.89. The summed E-state index contributed by atoms with van der Waals surface area (Å²) < 4.78 is 0.809. The number of rotatable bonds is 3. The number of carbonyl (C=O) groups is 2. The second-order valence-corrected chi connectivity index (χ2v) is 6.56. The van der Waals surface area contributed by atoms with Crippen molar-refractivity contribution in [2.24, 2.45) is 0 Å². The quantitative estimate of drug-likeness (QED) is 0.786. The van der Waals surface area contributed by atoms with Gasteiger partial charge in [-0.25, -0.2) is 0 Å². The molecular weight excluding hydrogens is 332 g/mol. The standard InChI is InChI=1S/C16H19BrN2O2/c1-2-11-6-3-4-9-18(11)10-19-14-12(15(20)16(19)21)7-5-8-13(14)17/h5,7-8,11H,2-4,6,9-10H2,1H3/t11-/m1/s1. The van der Waals surface area contributed by atoms with Crippen LogP contribution in [0.3, 0.4) is 0 Å². The van der Waals surface area contributed by atoms with Crippen LogP contribution >= 0.6 is 15.9 Å². The molecule has 0 saturated carbocycles. The highest BCUT2D eigenvalue weighted by Gasteiger charge is 2.38. The molecule has 0 N–H and O–H groups in total. The van der Waals surface area contributed by atoms with E-state index in [0.717, 1.165) is 29.5 Å². The van der Waals surface area contributed by atoms with Gasteiger partial charge in [0.25, 0.3) is 5.78 Å². The average molecular weight is 351 g/mol. The Hall–Kier alpha value is -1.20.